The summed E-state index contributed by atoms with van der Waals surface area (Å²) in [5, 5.41) is 8.31. The number of aliphatic hydroxyl groups excluding tert-OH is 1. The molecule has 0 bridgehead atoms. The zero-order valence-corrected chi connectivity index (χ0v) is 14.8. The van der Waals surface area contributed by atoms with E-state index in [2.05, 4.69) is 20.8 Å². The molecule has 0 aliphatic carbocycles. The Morgan fingerprint density at radius 1 is 1.29 bits per heavy atom. The molecular weight excluding hydrogens is 293 g/mol. The molecule has 0 spiro atoms. The Labute approximate surface area is 132 Å². The average Bonchev–Trinajstić information content (AvgIpc) is 2.11. The van der Waals surface area contributed by atoms with Crippen molar-refractivity contribution in [1.29, 1.82) is 0 Å². The Morgan fingerprint density at radius 3 is 1.94 bits per heavy atom. The Kier molecular flexibility index (Phi) is 17.4. The minimum Gasteiger partial charge on any atom is -0.394 e. The summed E-state index contributed by atoms with van der Waals surface area (Å²) in [6, 6.07) is 0. The molecule has 1 radical (unpaired) electrons. The van der Waals surface area contributed by atoms with Crippen molar-refractivity contribution in [2.45, 2.75) is 41.0 Å². The first kappa shape index (κ1) is 22.7. The zero-order chi connectivity index (χ0) is 13.2. The number of aliphatic hydroxyl groups is 1. The van der Waals surface area contributed by atoms with Crippen LogP contribution >= 0.6 is 0 Å². The van der Waals surface area contributed by atoms with Gasteiger partial charge in [-0.3, -0.25) is 0 Å². The fourth-order valence-corrected chi connectivity index (χ4v) is 0.486. The van der Waals surface area contributed by atoms with Gasteiger partial charge in [0.25, 0.3) is 0 Å². The van der Waals surface area contributed by atoms with E-state index in [1.165, 1.54) is 0 Å². The van der Waals surface area contributed by atoms with Gasteiger partial charge in [0.2, 0.25) is 0 Å². The fourth-order valence-electron chi connectivity index (χ4n) is 0.486. The Bertz CT molecular complexity index is 174. The molecule has 3 nitrogen and oxygen atoms in total. The molecule has 0 amide bonds. The van der Waals surface area contributed by atoms with E-state index in [1.807, 2.05) is 20.8 Å². The van der Waals surface area contributed by atoms with Crippen LogP contribution in [0.15, 0.2) is 0 Å². The number of hydrogen-bond donors (Lipinski definition) is 1. The summed E-state index contributed by atoms with van der Waals surface area (Å²) in [7, 11) is 0. The van der Waals surface area contributed by atoms with Crippen molar-refractivity contribution in [2.75, 3.05) is 19.8 Å². The van der Waals surface area contributed by atoms with Gasteiger partial charge in [0, 0.05) is 45.1 Å². The quantitative estimate of drug-likeness (QED) is 0.625. The maximum atomic E-state index is 10.4. The molecule has 17 heavy (non-hydrogen) atoms. The van der Waals surface area contributed by atoms with Crippen molar-refractivity contribution in [3.8, 4) is 0 Å². The molecule has 0 atom stereocenters. The molecule has 0 aliphatic heterocycles. The van der Waals surface area contributed by atoms with E-state index < -0.39 is 0 Å². The normalized spacial score (nSPS) is 10.3. The third-order valence-corrected chi connectivity index (χ3v) is 1.91. The SMILES string of the molecule is CC(C)CCOCCO.[CH2-]C(=O)C(C)(C)C.[Y]. The van der Waals surface area contributed by atoms with Crippen molar-refractivity contribution >= 4 is 5.78 Å². The summed E-state index contributed by atoms with van der Waals surface area (Å²) in [4.78, 5) is 10.4. The number of ketones is 1. The topological polar surface area (TPSA) is 46.5 Å². The number of carbonyl (C=O) groups excluding carboxylic acids is 1. The maximum absolute atomic E-state index is 10.4. The van der Waals surface area contributed by atoms with Crippen molar-refractivity contribution in [2.24, 2.45) is 11.3 Å². The molecule has 0 aromatic rings. The Balaban J connectivity index is -0.000000224. The van der Waals surface area contributed by atoms with Crippen molar-refractivity contribution in [1.82, 2.24) is 0 Å². The van der Waals surface area contributed by atoms with Gasteiger partial charge in [0.1, 0.15) is 0 Å². The van der Waals surface area contributed by atoms with Crippen LogP contribution < -0.4 is 0 Å². The van der Waals surface area contributed by atoms with Crippen LogP contribution in [0, 0.1) is 18.3 Å². The summed E-state index contributed by atoms with van der Waals surface area (Å²) in [6.07, 6.45) is 1.08. The van der Waals surface area contributed by atoms with E-state index in [0.717, 1.165) is 13.0 Å². The molecule has 0 saturated carbocycles. The standard InChI is InChI=1S/C7H16O2.C6H11O.Y/c1-7(2)3-5-9-6-4-8;1-5(7)6(2,3)4;/h7-8H,3-6H2,1-2H3;1H2,2-4H3;/q;-1;. The van der Waals surface area contributed by atoms with Gasteiger partial charge in [-0.2, -0.15) is 0 Å². The van der Waals surface area contributed by atoms with Crippen LogP contribution in [-0.4, -0.2) is 30.7 Å². The predicted molar refractivity (Wildman–Crippen MR) is 67.2 cm³/mol. The van der Waals surface area contributed by atoms with Crippen LogP contribution in [0.4, 0.5) is 0 Å². The molecule has 0 fully saturated rings. The number of hydrogen-bond acceptors (Lipinski definition) is 3. The monoisotopic (exact) mass is 320 g/mol. The number of carbonyl (C=O) groups is 1. The predicted octanol–water partition coefficient (Wildman–Crippen LogP) is 2.47. The minimum absolute atomic E-state index is 0. The Morgan fingerprint density at radius 2 is 1.71 bits per heavy atom. The first-order chi connectivity index (χ1) is 7.21. The van der Waals surface area contributed by atoms with Gasteiger partial charge in [-0.05, 0) is 17.8 Å². The van der Waals surface area contributed by atoms with Gasteiger partial charge in [-0.1, -0.05) is 34.6 Å². The summed E-state index contributed by atoms with van der Waals surface area (Å²) in [6.45, 7) is 14.5. The van der Waals surface area contributed by atoms with Gasteiger partial charge >= 0.3 is 0 Å². The molecule has 0 aliphatic rings. The molecule has 0 aromatic carbocycles. The van der Waals surface area contributed by atoms with E-state index in [-0.39, 0.29) is 50.5 Å². The molecule has 4 heteroatoms. The maximum Gasteiger partial charge on any atom is 0.0697 e. The van der Waals surface area contributed by atoms with Crippen LogP contribution in [0.2, 0.25) is 0 Å². The van der Waals surface area contributed by atoms with E-state index in [4.69, 9.17) is 9.84 Å². The zero-order valence-electron chi connectivity index (χ0n) is 12.0. The van der Waals surface area contributed by atoms with Gasteiger partial charge in [-0.25, -0.2) is 0 Å². The number of Topliss-reactive ketones (excluding diaryl/α,β-unsaturated/α-hetero) is 1. The first-order valence-corrected chi connectivity index (χ1v) is 5.76. The van der Waals surface area contributed by atoms with Gasteiger partial charge in [-0.15, -0.1) is 0 Å². The smallest absolute Gasteiger partial charge is 0.0697 e. The van der Waals surface area contributed by atoms with E-state index in [1.54, 1.807) is 0 Å². The third kappa shape index (κ3) is 22.3. The first-order valence-electron chi connectivity index (χ1n) is 5.76. The molecule has 0 aromatic heterocycles. The summed E-state index contributed by atoms with van der Waals surface area (Å²) in [5.74, 6) is 0.691. The van der Waals surface area contributed by atoms with Crippen molar-refractivity contribution in [3.05, 3.63) is 6.92 Å². The van der Waals surface area contributed by atoms with Crippen molar-refractivity contribution in [3.63, 3.8) is 0 Å². The molecule has 0 unspecified atom stereocenters. The van der Waals surface area contributed by atoms with E-state index >= 15 is 0 Å². The second kappa shape index (κ2) is 13.0. The Hall–Kier alpha value is 0.564. The number of rotatable bonds is 5. The van der Waals surface area contributed by atoms with E-state index in [0.29, 0.717) is 12.5 Å². The van der Waals surface area contributed by atoms with Gasteiger partial charge in [0.15, 0.2) is 0 Å². The molecular formula is C13H27O3Y-. The van der Waals surface area contributed by atoms with Gasteiger partial charge in [0.05, 0.1) is 13.2 Å². The van der Waals surface area contributed by atoms with Gasteiger partial charge < -0.3 is 21.6 Å². The summed E-state index contributed by atoms with van der Waals surface area (Å²) < 4.78 is 5.04. The van der Waals surface area contributed by atoms with E-state index in [9.17, 15) is 4.79 Å². The molecule has 101 valence electrons. The van der Waals surface area contributed by atoms with Crippen LogP contribution in [0.3, 0.4) is 0 Å². The third-order valence-electron chi connectivity index (χ3n) is 1.91. The van der Waals surface area contributed by atoms with Crippen molar-refractivity contribution < 1.29 is 47.3 Å². The minimum atomic E-state index is -0.250. The second-order valence-electron chi connectivity index (χ2n) is 5.19. The van der Waals surface area contributed by atoms with Crippen LogP contribution in [0.1, 0.15) is 41.0 Å². The molecule has 0 rings (SSSR count). The summed E-state index contributed by atoms with van der Waals surface area (Å²) in [5.41, 5.74) is -0.250. The molecule has 1 N–H and O–H groups in total. The molecule has 0 saturated heterocycles. The molecule has 0 heterocycles. The largest absolute Gasteiger partial charge is 0.394 e. The number of ether oxygens (including phenoxy) is 1. The second-order valence-corrected chi connectivity index (χ2v) is 5.19. The summed E-state index contributed by atoms with van der Waals surface area (Å²) >= 11 is 0. The van der Waals surface area contributed by atoms with Crippen LogP contribution in [0.25, 0.3) is 0 Å². The fraction of sp³-hybridized carbons (Fsp3) is 0.846. The van der Waals surface area contributed by atoms with Crippen LogP contribution in [0.5, 0.6) is 0 Å². The average molecular weight is 320 g/mol. The van der Waals surface area contributed by atoms with Crippen LogP contribution in [-0.2, 0) is 42.2 Å².